The maximum atomic E-state index is 12.0. The molecule has 0 atom stereocenters. The van der Waals surface area contributed by atoms with E-state index in [-0.39, 0.29) is 15.7 Å². The summed E-state index contributed by atoms with van der Waals surface area (Å²) in [5.74, 6) is -0.990. The average Bonchev–Trinajstić information content (AvgIpc) is 2.59. The number of halogens is 3. The van der Waals surface area contributed by atoms with Crippen molar-refractivity contribution in [3.8, 4) is 0 Å². The fourth-order valence-corrected chi connectivity index (χ4v) is 2.56. The highest BCUT2D eigenvalue weighted by molar-refractivity contribution is 7.80. The van der Waals surface area contributed by atoms with Crippen LogP contribution in [-0.2, 0) is 4.79 Å². The van der Waals surface area contributed by atoms with Gasteiger partial charge in [0.1, 0.15) is 0 Å². The van der Waals surface area contributed by atoms with Crippen LogP contribution in [0.2, 0.25) is 15.1 Å². The Bertz CT molecular complexity index is 870. The minimum atomic E-state index is -0.528. The number of hydrogen-bond acceptors (Lipinski definition) is 3. The van der Waals surface area contributed by atoms with Crippen molar-refractivity contribution < 1.29 is 9.59 Å². The van der Waals surface area contributed by atoms with Crippen LogP contribution in [0.1, 0.15) is 15.9 Å². The van der Waals surface area contributed by atoms with Gasteiger partial charge in [-0.2, -0.15) is 0 Å². The SMILES string of the molecule is O=C(/C=C/c1ccc(Cl)cc1)NC(=S)NNC(=O)c1ccc(Cl)cc1Cl. The summed E-state index contributed by atoms with van der Waals surface area (Å²) in [4.78, 5) is 23.8. The quantitative estimate of drug-likeness (QED) is 0.393. The molecule has 9 heteroatoms. The Balaban J connectivity index is 1.83. The molecule has 3 N–H and O–H groups in total. The molecule has 0 spiro atoms. The number of rotatable bonds is 3. The number of hydrazine groups is 1. The van der Waals surface area contributed by atoms with Crippen LogP contribution in [0.25, 0.3) is 6.08 Å². The highest BCUT2D eigenvalue weighted by atomic mass is 35.5. The molecule has 0 unspecified atom stereocenters. The lowest BCUT2D eigenvalue weighted by Crippen LogP contribution is -2.48. The number of carbonyl (C=O) groups excluding carboxylic acids is 2. The van der Waals surface area contributed by atoms with Crippen LogP contribution in [0, 0.1) is 0 Å². The largest absolute Gasteiger partial charge is 0.298 e. The van der Waals surface area contributed by atoms with Crippen molar-refractivity contribution >= 4 is 70.0 Å². The van der Waals surface area contributed by atoms with Crippen molar-refractivity contribution in [2.75, 3.05) is 0 Å². The maximum Gasteiger partial charge on any atom is 0.271 e. The molecule has 0 saturated carbocycles. The van der Waals surface area contributed by atoms with Gasteiger partial charge >= 0.3 is 0 Å². The summed E-state index contributed by atoms with van der Waals surface area (Å²) in [6.07, 6.45) is 2.90. The lowest BCUT2D eigenvalue weighted by molar-refractivity contribution is -0.115. The molecule has 0 aliphatic carbocycles. The molecule has 134 valence electrons. The molecule has 2 aromatic carbocycles. The van der Waals surface area contributed by atoms with Gasteiger partial charge in [0.15, 0.2) is 5.11 Å². The zero-order chi connectivity index (χ0) is 19.1. The molecule has 0 aliphatic heterocycles. The van der Waals surface area contributed by atoms with Crippen LogP contribution in [0.15, 0.2) is 48.5 Å². The summed E-state index contributed by atoms with van der Waals surface area (Å²) in [7, 11) is 0. The third kappa shape index (κ3) is 6.31. The van der Waals surface area contributed by atoms with Gasteiger partial charge in [-0.3, -0.25) is 25.8 Å². The molecule has 0 aromatic heterocycles. The highest BCUT2D eigenvalue weighted by Crippen LogP contribution is 2.20. The second-order valence-electron chi connectivity index (χ2n) is 4.91. The van der Waals surface area contributed by atoms with Crippen LogP contribution < -0.4 is 16.2 Å². The normalized spacial score (nSPS) is 10.4. The molecule has 2 rings (SSSR count). The Morgan fingerprint density at radius 1 is 0.923 bits per heavy atom. The average molecular weight is 429 g/mol. The molecule has 0 aliphatic rings. The molecule has 0 fully saturated rings. The number of carbonyl (C=O) groups is 2. The molecule has 2 amide bonds. The van der Waals surface area contributed by atoms with Crippen molar-refractivity contribution in [3.05, 3.63) is 74.7 Å². The number of hydrogen-bond donors (Lipinski definition) is 3. The van der Waals surface area contributed by atoms with Crippen molar-refractivity contribution in [2.24, 2.45) is 0 Å². The van der Waals surface area contributed by atoms with Crippen molar-refractivity contribution in [2.45, 2.75) is 0 Å². The van der Waals surface area contributed by atoms with E-state index in [0.29, 0.717) is 10.0 Å². The van der Waals surface area contributed by atoms with Gasteiger partial charge in [-0.15, -0.1) is 0 Å². The third-order valence-electron chi connectivity index (χ3n) is 3.00. The van der Waals surface area contributed by atoms with Gasteiger partial charge in [-0.1, -0.05) is 46.9 Å². The standard InChI is InChI=1S/C17H12Cl3N3O2S/c18-11-4-1-10(2-5-11)3-8-15(24)21-17(26)23-22-16(25)13-7-6-12(19)9-14(13)20/h1-9H,(H,22,25)(H2,21,23,24,26)/b8-3+. The van der Waals surface area contributed by atoms with Gasteiger partial charge in [0.05, 0.1) is 10.6 Å². The Kier molecular flexibility index (Phi) is 7.41. The van der Waals surface area contributed by atoms with E-state index in [4.69, 9.17) is 47.0 Å². The first-order chi connectivity index (χ1) is 12.3. The molecule has 2 aromatic rings. The summed E-state index contributed by atoms with van der Waals surface area (Å²) in [5, 5.41) is 3.53. The first-order valence-corrected chi connectivity index (χ1v) is 8.69. The van der Waals surface area contributed by atoms with E-state index in [0.717, 1.165) is 5.56 Å². The van der Waals surface area contributed by atoms with Crippen LogP contribution in [0.5, 0.6) is 0 Å². The van der Waals surface area contributed by atoms with Crippen LogP contribution >= 0.6 is 47.0 Å². The lowest BCUT2D eigenvalue weighted by atomic mass is 10.2. The highest BCUT2D eigenvalue weighted by Gasteiger charge is 2.11. The van der Waals surface area contributed by atoms with Crippen LogP contribution in [0.3, 0.4) is 0 Å². The summed E-state index contributed by atoms with van der Waals surface area (Å²) < 4.78 is 0. The monoisotopic (exact) mass is 427 g/mol. The van der Waals surface area contributed by atoms with Crippen LogP contribution in [-0.4, -0.2) is 16.9 Å². The first-order valence-electron chi connectivity index (χ1n) is 7.15. The predicted octanol–water partition coefficient (Wildman–Crippen LogP) is 4.00. The summed E-state index contributed by atoms with van der Waals surface area (Å²) in [6.45, 7) is 0. The van der Waals surface area contributed by atoms with Gasteiger partial charge in [0.2, 0.25) is 5.91 Å². The van der Waals surface area contributed by atoms with E-state index < -0.39 is 11.8 Å². The molecule has 0 bridgehead atoms. The molecule has 26 heavy (non-hydrogen) atoms. The Morgan fingerprint density at radius 3 is 2.23 bits per heavy atom. The molecular weight excluding hydrogens is 417 g/mol. The summed E-state index contributed by atoms with van der Waals surface area (Å²) >= 11 is 22.4. The van der Waals surface area contributed by atoms with E-state index in [1.165, 1.54) is 24.3 Å². The predicted molar refractivity (Wildman–Crippen MR) is 108 cm³/mol. The van der Waals surface area contributed by atoms with E-state index in [9.17, 15) is 9.59 Å². The number of benzene rings is 2. The van der Waals surface area contributed by atoms with E-state index in [1.54, 1.807) is 30.3 Å². The molecule has 0 saturated heterocycles. The molecule has 0 radical (unpaired) electrons. The van der Waals surface area contributed by atoms with E-state index in [1.807, 2.05) is 0 Å². The molecule has 0 heterocycles. The van der Waals surface area contributed by atoms with Gasteiger partial charge < -0.3 is 0 Å². The van der Waals surface area contributed by atoms with E-state index >= 15 is 0 Å². The summed E-state index contributed by atoms with van der Waals surface area (Å²) in [5.41, 5.74) is 5.76. The smallest absolute Gasteiger partial charge is 0.271 e. The minimum Gasteiger partial charge on any atom is -0.298 e. The fraction of sp³-hybridized carbons (Fsp3) is 0. The second kappa shape index (κ2) is 9.54. The lowest BCUT2D eigenvalue weighted by Gasteiger charge is -2.10. The zero-order valence-corrected chi connectivity index (χ0v) is 16.1. The number of nitrogens with one attached hydrogen (secondary N) is 3. The van der Waals surface area contributed by atoms with Gasteiger partial charge in [0.25, 0.3) is 5.91 Å². The van der Waals surface area contributed by atoms with Crippen molar-refractivity contribution in [3.63, 3.8) is 0 Å². The fourth-order valence-electron chi connectivity index (χ4n) is 1.79. The molecule has 5 nitrogen and oxygen atoms in total. The number of thiocarbonyl (C=S) groups is 1. The maximum absolute atomic E-state index is 12.0. The van der Waals surface area contributed by atoms with E-state index in [2.05, 4.69) is 16.2 Å². The molecular formula is C17H12Cl3N3O2S. The van der Waals surface area contributed by atoms with Crippen LogP contribution in [0.4, 0.5) is 0 Å². The number of amides is 2. The Hall–Kier alpha value is -2.12. The zero-order valence-electron chi connectivity index (χ0n) is 13.1. The van der Waals surface area contributed by atoms with Gasteiger partial charge in [-0.25, -0.2) is 0 Å². The Morgan fingerprint density at radius 2 is 1.58 bits per heavy atom. The Labute approximate surface area is 170 Å². The second-order valence-corrected chi connectivity index (χ2v) is 6.59. The third-order valence-corrected chi connectivity index (χ3v) is 4.00. The van der Waals surface area contributed by atoms with Gasteiger partial charge in [-0.05, 0) is 54.2 Å². The van der Waals surface area contributed by atoms with Crippen molar-refractivity contribution in [1.82, 2.24) is 16.2 Å². The minimum absolute atomic E-state index is 0.0748. The van der Waals surface area contributed by atoms with Crippen molar-refractivity contribution in [1.29, 1.82) is 0 Å². The summed E-state index contributed by atoms with van der Waals surface area (Å²) in [6, 6.07) is 11.4. The topological polar surface area (TPSA) is 70.2 Å². The van der Waals surface area contributed by atoms with Gasteiger partial charge in [0, 0.05) is 16.1 Å². The first kappa shape index (κ1) is 20.2.